The SMILES string of the molecule is COc1ccc(C(=O)NC2CNCCC2C)cc1S(=O)(=O)NC1CCCC1.Cl. The Bertz CT molecular complexity index is 781. The predicted molar refractivity (Wildman–Crippen MR) is 111 cm³/mol. The van der Waals surface area contributed by atoms with Crippen LogP contribution in [0.2, 0.25) is 0 Å². The van der Waals surface area contributed by atoms with Crippen LogP contribution >= 0.6 is 12.4 Å². The molecular formula is C19H30ClN3O4S. The number of carbonyl (C=O) groups is 1. The maximum atomic E-state index is 12.9. The van der Waals surface area contributed by atoms with Crippen molar-refractivity contribution < 1.29 is 17.9 Å². The fourth-order valence-corrected chi connectivity index (χ4v) is 5.29. The quantitative estimate of drug-likeness (QED) is 0.640. The molecule has 0 radical (unpaired) electrons. The van der Waals surface area contributed by atoms with Gasteiger partial charge in [-0.1, -0.05) is 19.8 Å². The van der Waals surface area contributed by atoms with Crippen molar-refractivity contribution in [3.63, 3.8) is 0 Å². The Morgan fingerprint density at radius 3 is 2.57 bits per heavy atom. The number of halogens is 1. The third-order valence-electron chi connectivity index (χ3n) is 5.54. The number of sulfonamides is 1. The summed E-state index contributed by atoms with van der Waals surface area (Å²) >= 11 is 0. The summed E-state index contributed by atoms with van der Waals surface area (Å²) in [4.78, 5) is 12.7. The van der Waals surface area contributed by atoms with E-state index in [1.165, 1.54) is 13.2 Å². The maximum absolute atomic E-state index is 12.9. The Labute approximate surface area is 173 Å². The molecule has 2 fully saturated rings. The molecule has 28 heavy (non-hydrogen) atoms. The third kappa shape index (κ3) is 5.37. The highest BCUT2D eigenvalue weighted by Crippen LogP contribution is 2.27. The molecular weight excluding hydrogens is 402 g/mol. The van der Waals surface area contributed by atoms with Crippen molar-refractivity contribution >= 4 is 28.3 Å². The fraction of sp³-hybridized carbons (Fsp3) is 0.632. The van der Waals surface area contributed by atoms with Crippen LogP contribution in [0, 0.1) is 5.92 Å². The lowest BCUT2D eigenvalue weighted by atomic mass is 9.94. The summed E-state index contributed by atoms with van der Waals surface area (Å²) in [5.74, 6) is 0.348. The largest absolute Gasteiger partial charge is 0.495 e. The summed E-state index contributed by atoms with van der Waals surface area (Å²) in [6.45, 7) is 3.78. The van der Waals surface area contributed by atoms with Crippen LogP contribution in [0.25, 0.3) is 0 Å². The number of nitrogens with one attached hydrogen (secondary N) is 3. The lowest BCUT2D eigenvalue weighted by Gasteiger charge is -2.30. The van der Waals surface area contributed by atoms with Crippen LogP contribution in [0.1, 0.15) is 49.4 Å². The second-order valence-corrected chi connectivity index (χ2v) is 9.20. The smallest absolute Gasteiger partial charge is 0.251 e. The van der Waals surface area contributed by atoms with Crippen molar-refractivity contribution in [3.8, 4) is 5.75 Å². The van der Waals surface area contributed by atoms with E-state index in [2.05, 4.69) is 22.3 Å². The molecule has 1 aromatic carbocycles. The minimum atomic E-state index is -3.75. The summed E-state index contributed by atoms with van der Waals surface area (Å²) in [5, 5.41) is 6.29. The van der Waals surface area contributed by atoms with Crippen molar-refractivity contribution in [1.82, 2.24) is 15.4 Å². The molecule has 0 spiro atoms. The molecule has 2 unspecified atom stereocenters. The lowest BCUT2D eigenvalue weighted by molar-refractivity contribution is 0.0915. The summed E-state index contributed by atoms with van der Waals surface area (Å²) in [5.41, 5.74) is 0.320. The topological polar surface area (TPSA) is 96.5 Å². The first kappa shape index (κ1) is 22.9. The van der Waals surface area contributed by atoms with Crippen LogP contribution < -0.4 is 20.1 Å². The lowest BCUT2D eigenvalue weighted by Crippen LogP contribution is -2.50. The van der Waals surface area contributed by atoms with Gasteiger partial charge < -0.3 is 15.4 Å². The zero-order chi connectivity index (χ0) is 19.4. The number of rotatable bonds is 6. The summed E-state index contributed by atoms with van der Waals surface area (Å²) in [6, 6.07) is 4.54. The molecule has 1 heterocycles. The van der Waals surface area contributed by atoms with Crippen molar-refractivity contribution in [1.29, 1.82) is 0 Å². The van der Waals surface area contributed by atoms with E-state index in [0.29, 0.717) is 11.5 Å². The van der Waals surface area contributed by atoms with E-state index in [0.717, 1.165) is 45.2 Å². The number of hydrogen-bond acceptors (Lipinski definition) is 5. The average Bonchev–Trinajstić information content (AvgIpc) is 3.15. The van der Waals surface area contributed by atoms with Crippen molar-refractivity contribution in [2.45, 2.75) is 56.0 Å². The van der Waals surface area contributed by atoms with Gasteiger partial charge in [0.15, 0.2) is 0 Å². The molecule has 3 rings (SSSR count). The van der Waals surface area contributed by atoms with Crippen molar-refractivity contribution in [2.75, 3.05) is 20.2 Å². The van der Waals surface area contributed by atoms with E-state index in [1.54, 1.807) is 12.1 Å². The number of carbonyl (C=O) groups excluding carboxylic acids is 1. The molecule has 3 N–H and O–H groups in total. The standard InChI is InChI=1S/C19H29N3O4S.ClH/c1-13-9-10-20-12-16(13)21-19(23)14-7-8-17(26-2)18(11-14)27(24,25)22-15-5-3-4-6-15;/h7-8,11,13,15-16,20,22H,3-6,9-10,12H2,1-2H3,(H,21,23);1H. The minimum Gasteiger partial charge on any atom is -0.495 e. The highest BCUT2D eigenvalue weighted by Gasteiger charge is 2.28. The third-order valence-corrected chi connectivity index (χ3v) is 7.08. The van der Waals surface area contributed by atoms with Crippen LogP contribution in [0.4, 0.5) is 0 Å². The molecule has 1 saturated heterocycles. The highest BCUT2D eigenvalue weighted by atomic mass is 35.5. The van der Waals surface area contributed by atoms with Gasteiger partial charge in [-0.2, -0.15) is 0 Å². The normalized spacial score (nSPS) is 23.1. The van der Waals surface area contributed by atoms with E-state index in [9.17, 15) is 13.2 Å². The number of piperidine rings is 1. The number of benzene rings is 1. The van der Waals surface area contributed by atoms with Gasteiger partial charge in [-0.05, 0) is 49.9 Å². The fourth-order valence-electron chi connectivity index (χ4n) is 3.79. The Hall–Kier alpha value is -1.35. The van der Waals surface area contributed by atoms with Crippen LogP contribution in [0.15, 0.2) is 23.1 Å². The van der Waals surface area contributed by atoms with Crippen molar-refractivity contribution in [3.05, 3.63) is 23.8 Å². The van der Waals surface area contributed by atoms with Crippen LogP contribution in [0.5, 0.6) is 5.75 Å². The van der Waals surface area contributed by atoms with Gasteiger partial charge in [-0.3, -0.25) is 4.79 Å². The molecule has 1 aliphatic heterocycles. The molecule has 1 amide bonds. The molecule has 7 nitrogen and oxygen atoms in total. The number of ether oxygens (including phenoxy) is 1. The van der Waals surface area contributed by atoms with Crippen LogP contribution in [-0.4, -0.2) is 46.6 Å². The van der Waals surface area contributed by atoms with Gasteiger partial charge in [0, 0.05) is 24.2 Å². The second-order valence-electron chi connectivity index (χ2n) is 7.52. The van der Waals surface area contributed by atoms with E-state index >= 15 is 0 Å². The zero-order valence-electron chi connectivity index (χ0n) is 16.4. The minimum absolute atomic E-state index is 0. The van der Waals surface area contributed by atoms with Gasteiger partial charge in [-0.25, -0.2) is 13.1 Å². The monoisotopic (exact) mass is 431 g/mol. The molecule has 158 valence electrons. The van der Waals surface area contributed by atoms with Crippen LogP contribution in [-0.2, 0) is 10.0 Å². The van der Waals surface area contributed by atoms with Gasteiger partial charge in [-0.15, -0.1) is 12.4 Å². The summed E-state index contributed by atoms with van der Waals surface area (Å²) in [6.07, 6.45) is 4.74. The van der Waals surface area contributed by atoms with E-state index < -0.39 is 10.0 Å². The molecule has 1 aromatic rings. The molecule has 2 aliphatic rings. The first-order chi connectivity index (χ1) is 12.9. The van der Waals surface area contributed by atoms with Gasteiger partial charge in [0.05, 0.1) is 7.11 Å². The van der Waals surface area contributed by atoms with Gasteiger partial charge in [0.2, 0.25) is 10.0 Å². The highest BCUT2D eigenvalue weighted by molar-refractivity contribution is 7.89. The maximum Gasteiger partial charge on any atom is 0.251 e. The molecule has 2 atom stereocenters. The van der Waals surface area contributed by atoms with E-state index in [-0.39, 0.29) is 41.0 Å². The number of methoxy groups -OCH3 is 1. The Balaban J connectivity index is 0.00000280. The van der Waals surface area contributed by atoms with Gasteiger partial charge in [0.25, 0.3) is 5.91 Å². The number of hydrogen-bond donors (Lipinski definition) is 3. The molecule has 0 bridgehead atoms. The average molecular weight is 432 g/mol. The number of amides is 1. The first-order valence-electron chi connectivity index (χ1n) is 9.62. The van der Waals surface area contributed by atoms with E-state index in [4.69, 9.17) is 4.74 Å². The van der Waals surface area contributed by atoms with Gasteiger partial charge in [0.1, 0.15) is 10.6 Å². The molecule has 1 saturated carbocycles. The Morgan fingerprint density at radius 1 is 1.21 bits per heavy atom. The molecule has 9 heteroatoms. The predicted octanol–water partition coefficient (Wildman–Crippen LogP) is 2.07. The Kier molecular flexibility index (Phi) is 8.12. The van der Waals surface area contributed by atoms with Gasteiger partial charge >= 0.3 is 0 Å². The summed E-state index contributed by atoms with van der Waals surface area (Å²) in [7, 11) is -2.32. The van der Waals surface area contributed by atoms with E-state index in [1.807, 2.05) is 0 Å². The molecule has 1 aliphatic carbocycles. The van der Waals surface area contributed by atoms with Crippen molar-refractivity contribution in [2.24, 2.45) is 5.92 Å². The second kappa shape index (κ2) is 9.91. The summed E-state index contributed by atoms with van der Waals surface area (Å²) < 4.78 is 33.7. The first-order valence-corrected chi connectivity index (χ1v) is 11.1. The van der Waals surface area contributed by atoms with Crippen LogP contribution in [0.3, 0.4) is 0 Å². The molecule has 0 aromatic heterocycles. The Morgan fingerprint density at radius 2 is 1.93 bits per heavy atom. The zero-order valence-corrected chi connectivity index (χ0v) is 18.0.